The summed E-state index contributed by atoms with van der Waals surface area (Å²) in [5.41, 5.74) is 7.14. The molecule has 0 aliphatic carbocycles. The van der Waals surface area contributed by atoms with E-state index in [0.717, 1.165) is 37.7 Å². The lowest BCUT2D eigenvalue weighted by molar-refractivity contribution is 0.262. The van der Waals surface area contributed by atoms with Crippen molar-refractivity contribution in [2.24, 2.45) is 16.6 Å². The number of nitrogens with one attached hydrogen (secondary N) is 1. The maximum absolute atomic E-state index is 5.98. The van der Waals surface area contributed by atoms with Crippen LogP contribution in [0.15, 0.2) is 29.3 Å². The van der Waals surface area contributed by atoms with Gasteiger partial charge >= 0.3 is 0 Å². The minimum Gasteiger partial charge on any atom is -0.493 e. The van der Waals surface area contributed by atoms with Crippen molar-refractivity contribution in [1.82, 2.24) is 5.32 Å². The molecule has 0 fully saturated rings. The molecule has 2 rings (SSSR count). The van der Waals surface area contributed by atoms with E-state index in [1.807, 2.05) is 18.2 Å². The van der Waals surface area contributed by atoms with E-state index in [1.165, 1.54) is 12.0 Å². The van der Waals surface area contributed by atoms with Crippen LogP contribution in [0.4, 0.5) is 0 Å². The largest absolute Gasteiger partial charge is 0.493 e. The van der Waals surface area contributed by atoms with Crippen molar-refractivity contribution in [1.29, 1.82) is 0 Å². The number of halogens is 1. The highest BCUT2D eigenvalue weighted by Crippen LogP contribution is 2.31. The number of hydrogen-bond acceptors (Lipinski definition) is 2. The summed E-state index contributed by atoms with van der Waals surface area (Å²) in [6.45, 7) is 5.96. The van der Waals surface area contributed by atoms with Crippen molar-refractivity contribution in [2.75, 3.05) is 13.2 Å². The first-order valence-corrected chi connectivity index (χ1v) is 7.45. The third-order valence-electron chi connectivity index (χ3n) is 3.50. The summed E-state index contributed by atoms with van der Waals surface area (Å²) in [4.78, 5) is 4.41. The maximum atomic E-state index is 5.98. The maximum Gasteiger partial charge on any atom is 0.189 e. The standard InChI is InChI=1S/C16H25N3O.HI/c1-12(2)6-5-10-18-16(17)19-14-9-11-20-15-8-4-3-7-13(14)15;/h3-4,7-8,12,14H,5-6,9-11H2,1-2H3,(H3,17,18,19);1H. The molecule has 0 saturated heterocycles. The molecule has 0 bridgehead atoms. The van der Waals surface area contributed by atoms with Gasteiger partial charge in [0.25, 0.3) is 0 Å². The highest BCUT2D eigenvalue weighted by Gasteiger charge is 2.20. The fourth-order valence-electron chi connectivity index (χ4n) is 2.42. The van der Waals surface area contributed by atoms with E-state index in [2.05, 4.69) is 30.2 Å². The van der Waals surface area contributed by atoms with Gasteiger partial charge in [0.2, 0.25) is 0 Å². The third-order valence-corrected chi connectivity index (χ3v) is 3.50. The summed E-state index contributed by atoms with van der Waals surface area (Å²) in [6, 6.07) is 8.30. The van der Waals surface area contributed by atoms with Gasteiger partial charge in [0.1, 0.15) is 5.75 Å². The molecule has 4 nitrogen and oxygen atoms in total. The number of fused-ring (bicyclic) bond motifs is 1. The van der Waals surface area contributed by atoms with Crippen LogP contribution >= 0.6 is 24.0 Å². The van der Waals surface area contributed by atoms with Gasteiger partial charge in [-0.1, -0.05) is 32.0 Å². The molecule has 0 radical (unpaired) electrons. The molecule has 1 aliphatic rings. The molecule has 5 heteroatoms. The van der Waals surface area contributed by atoms with E-state index in [0.29, 0.717) is 5.96 Å². The lowest BCUT2D eigenvalue weighted by atomic mass is 10.0. The van der Waals surface area contributed by atoms with Gasteiger partial charge < -0.3 is 15.8 Å². The molecule has 0 spiro atoms. The zero-order valence-electron chi connectivity index (χ0n) is 12.8. The molecule has 21 heavy (non-hydrogen) atoms. The lowest BCUT2D eigenvalue weighted by Gasteiger charge is -2.26. The van der Waals surface area contributed by atoms with E-state index in [4.69, 9.17) is 10.5 Å². The minimum absolute atomic E-state index is 0. The number of nitrogens with two attached hydrogens (primary N) is 1. The monoisotopic (exact) mass is 403 g/mol. The lowest BCUT2D eigenvalue weighted by Crippen LogP contribution is -2.37. The van der Waals surface area contributed by atoms with Crippen molar-refractivity contribution in [2.45, 2.75) is 39.2 Å². The fourth-order valence-corrected chi connectivity index (χ4v) is 2.42. The molecule has 0 amide bonds. The zero-order valence-corrected chi connectivity index (χ0v) is 15.2. The summed E-state index contributed by atoms with van der Waals surface area (Å²) >= 11 is 0. The van der Waals surface area contributed by atoms with Crippen LogP contribution in [-0.2, 0) is 0 Å². The van der Waals surface area contributed by atoms with Crippen LogP contribution < -0.4 is 15.8 Å². The number of ether oxygens (including phenoxy) is 1. The van der Waals surface area contributed by atoms with Crippen molar-refractivity contribution < 1.29 is 4.74 Å². The third kappa shape index (κ3) is 5.73. The Morgan fingerprint density at radius 2 is 2.19 bits per heavy atom. The molecule has 3 N–H and O–H groups in total. The van der Waals surface area contributed by atoms with E-state index < -0.39 is 0 Å². The molecular weight excluding hydrogens is 377 g/mol. The number of para-hydroxylation sites is 1. The normalized spacial score (nSPS) is 17.7. The second kappa shape index (κ2) is 9.12. The van der Waals surface area contributed by atoms with Crippen LogP contribution in [0.1, 0.15) is 44.7 Å². The molecule has 0 saturated carbocycles. The van der Waals surface area contributed by atoms with Gasteiger partial charge in [-0.05, 0) is 24.8 Å². The first-order valence-electron chi connectivity index (χ1n) is 7.45. The molecule has 1 aromatic carbocycles. The van der Waals surface area contributed by atoms with E-state index in [9.17, 15) is 0 Å². The average Bonchev–Trinajstić information content (AvgIpc) is 2.44. The van der Waals surface area contributed by atoms with Crippen LogP contribution in [0.5, 0.6) is 5.75 Å². The second-order valence-electron chi connectivity index (χ2n) is 5.67. The van der Waals surface area contributed by atoms with Crippen molar-refractivity contribution in [3.8, 4) is 5.75 Å². The van der Waals surface area contributed by atoms with E-state index in [-0.39, 0.29) is 30.0 Å². The van der Waals surface area contributed by atoms with E-state index in [1.54, 1.807) is 0 Å². The number of rotatable bonds is 5. The molecular formula is C16H26IN3O. The van der Waals surface area contributed by atoms with Crippen LogP contribution in [0, 0.1) is 5.92 Å². The Morgan fingerprint density at radius 1 is 1.43 bits per heavy atom. The molecule has 1 aliphatic heterocycles. The first-order chi connectivity index (χ1) is 9.66. The van der Waals surface area contributed by atoms with Crippen LogP contribution in [0.25, 0.3) is 0 Å². The molecule has 1 heterocycles. The highest BCUT2D eigenvalue weighted by atomic mass is 127. The van der Waals surface area contributed by atoms with Gasteiger partial charge in [0, 0.05) is 18.5 Å². The highest BCUT2D eigenvalue weighted by molar-refractivity contribution is 14.0. The number of aliphatic imine (C=N–C) groups is 1. The summed E-state index contributed by atoms with van der Waals surface area (Å²) in [5, 5.41) is 3.31. The second-order valence-corrected chi connectivity index (χ2v) is 5.67. The molecule has 118 valence electrons. The van der Waals surface area contributed by atoms with Crippen molar-refractivity contribution in [3.63, 3.8) is 0 Å². The number of nitrogens with zero attached hydrogens (tertiary/aromatic N) is 1. The van der Waals surface area contributed by atoms with Gasteiger partial charge in [0.05, 0.1) is 12.6 Å². The first kappa shape index (κ1) is 18.1. The Hall–Kier alpha value is -0.980. The summed E-state index contributed by atoms with van der Waals surface area (Å²) in [7, 11) is 0. The van der Waals surface area contributed by atoms with Crippen LogP contribution in [0.2, 0.25) is 0 Å². The molecule has 1 unspecified atom stereocenters. The molecule has 1 aromatic rings. The topological polar surface area (TPSA) is 59.6 Å². The number of benzene rings is 1. The Morgan fingerprint density at radius 3 is 2.95 bits per heavy atom. The average molecular weight is 403 g/mol. The van der Waals surface area contributed by atoms with Crippen LogP contribution in [0.3, 0.4) is 0 Å². The van der Waals surface area contributed by atoms with Crippen molar-refractivity contribution in [3.05, 3.63) is 29.8 Å². The van der Waals surface area contributed by atoms with E-state index >= 15 is 0 Å². The fraction of sp³-hybridized carbons (Fsp3) is 0.562. The smallest absolute Gasteiger partial charge is 0.189 e. The van der Waals surface area contributed by atoms with Crippen molar-refractivity contribution >= 4 is 29.9 Å². The van der Waals surface area contributed by atoms with Gasteiger partial charge in [-0.3, -0.25) is 4.99 Å². The van der Waals surface area contributed by atoms with Crippen LogP contribution in [-0.4, -0.2) is 19.1 Å². The van der Waals surface area contributed by atoms with Gasteiger partial charge in [0.15, 0.2) is 5.96 Å². The Labute approximate surface area is 144 Å². The van der Waals surface area contributed by atoms with Gasteiger partial charge in [-0.15, -0.1) is 24.0 Å². The predicted octanol–water partition coefficient (Wildman–Crippen LogP) is 3.47. The number of guanidine groups is 1. The Kier molecular flexibility index (Phi) is 7.85. The molecule has 1 atom stereocenters. The van der Waals surface area contributed by atoms with Gasteiger partial charge in [-0.2, -0.15) is 0 Å². The Balaban J connectivity index is 0.00000220. The molecule has 0 aromatic heterocycles. The minimum atomic E-state index is 0. The number of hydrogen-bond donors (Lipinski definition) is 2. The SMILES string of the molecule is CC(C)CCCN=C(N)NC1CCOc2ccccc21.I. The summed E-state index contributed by atoms with van der Waals surface area (Å²) in [6.07, 6.45) is 3.19. The predicted molar refractivity (Wildman–Crippen MR) is 98.4 cm³/mol. The Bertz CT molecular complexity index is 463. The summed E-state index contributed by atoms with van der Waals surface area (Å²) in [5.74, 6) is 2.21. The van der Waals surface area contributed by atoms with Gasteiger partial charge in [-0.25, -0.2) is 0 Å². The quantitative estimate of drug-likeness (QED) is 0.343. The summed E-state index contributed by atoms with van der Waals surface area (Å²) < 4.78 is 5.64. The zero-order chi connectivity index (χ0) is 14.4.